The van der Waals surface area contributed by atoms with Crippen LogP contribution in [0.1, 0.15) is 44.4 Å². The summed E-state index contributed by atoms with van der Waals surface area (Å²) < 4.78 is 6.09. The van der Waals surface area contributed by atoms with Crippen molar-refractivity contribution < 1.29 is 9.84 Å². The summed E-state index contributed by atoms with van der Waals surface area (Å²) in [6, 6.07) is 10.1. The van der Waals surface area contributed by atoms with Gasteiger partial charge in [0.05, 0.1) is 5.56 Å². The molecule has 2 heteroatoms. The zero-order chi connectivity index (χ0) is 15.8. The van der Waals surface area contributed by atoms with Gasteiger partial charge in [-0.05, 0) is 51.0 Å². The number of benzene rings is 2. The Bertz CT molecular complexity index is 670. The van der Waals surface area contributed by atoms with Crippen LogP contribution in [0.4, 0.5) is 0 Å². The van der Waals surface area contributed by atoms with Gasteiger partial charge in [-0.25, -0.2) is 0 Å². The largest absolute Gasteiger partial charge is 0.507 e. The molecule has 21 heavy (non-hydrogen) atoms. The second-order valence-electron chi connectivity index (χ2n) is 5.82. The molecular formula is C19H24O2. The summed E-state index contributed by atoms with van der Waals surface area (Å²) in [5.41, 5.74) is 4.80. The molecule has 2 nitrogen and oxygen atoms in total. The van der Waals surface area contributed by atoms with Crippen molar-refractivity contribution in [3.63, 3.8) is 0 Å². The summed E-state index contributed by atoms with van der Waals surface area (Å²) in [7, 11) is 0. The molecule has 1 heterocycles. The van der Waals surface area contributed by atoms with Gasteiger partial charge in [0.25, 0.3) is 0 Å². The molecule has 3 rings (SSSR count). The van der Waals surface area contributed by atoms with Gasteiger partial charge in [0, 0.05) is 5.56 Å². The van der Waals surface area contributed by atoms with E-state index >= 15 is 0 Å². The number of hydrogen-bond acceptors (Lipinski definition) is 2. The van der Waals surface area contributed by atoms with Crippen LogP contribution in [0.25, 0.3) is 11.1 Å². The summed E-state index contributed by atoms with van der Waals surface area (Å²) in [5.74, 6) is 1.05. The van der Waals surface area contributed by atoms with E-state index in [1.165, 1.54) is 5.56 Å². The van der Waals surface area contributed by atoms with Gasteiger partial charge in [-0.1, -0.05) is 37.6 Å². The van der Waals surface area contributed by atoms with Crippen LogP contribution in [-0.2, 0) is 5.60 Å². The molecule has 0 amide bonds. The first-order valence-electron chi connectivity index (χ1n) is 7.52. The highest BCUT2D eigenvalue weighted by Crippen LogP contribution is 2.49. The number of hydrogen-bond donors (Lipinski definition) is 1. The third-order valence-electron chi connectivity index (χ3n) is 3.68. The van der Waals surface area contributed by atoms with Gasteiger partial charge in [0.1, 0.15) is 17.1 Å². The summed E-state index contributed by atoms with van der Waals surface area (Å²) in [5, 5.41) is 10.3. The van der Waals surface area contributed by atoms with E-state index < -0.39 is 0 Å². The van der Waals surface area contributed by atoms with Crippen LogP contribution in [-0.4, -0.2) is 5.11 Å². The van der Waals surface area contributed by atoms with Crippen molar-refractivity contribution in [2.24, 2.45) is 0 Å². The smallest absolute Gasteiger partial charge is 0.132 e. The Morgan fingerprint density at radius 3 is 2.29 bits per heavy atom. The first-order chi connectivity index (χ1) is 9.88. The van der Waals surface area contributed by atoms with E-state index in [-0.39, 0.29) is 11.4 Å². The first kappa shape index (κ1) is 15.4. The van der Waals surface area contributed by atoms with Gasteiger partial charge in [-0.15, -0.1) is 0 Å². The van der Waals surface area contributed by atoms with Gasteiger partial charge < -0.3 is 9.84 Å². The summed E-state index contributed by atoms with van der Waals surface area (Å²) in [4.78, 5) is 0. The molecule has 0 saturated heterocycles. The third kappa shape index (κ3) is 2.63. The number of phenols is 1. The molecule has 1 aliphatic heterocycles. The second kappa shape index (κ2) is 5.44. The highest BCUT2D eigenvalue weighted by molar-refractivity contribution is 5.82. The van der Waals surface area contributed by atoms with Crippen LogP contribution < -0.4 is 4.74 Å². The van der Waals surface area contributed by atoms with E-state index in [9.17, 15) is 5.11 Å². The molecule has 2 aromatic rings. The number of ether oxygens (including phenoxy) is 1. The van der Waals surface area contributed by atoms with Crippen LogP contribution in [0.5, 0.6) is 11.5 Å². The Balaban J connectivity index is 0.000000774. The molecular weight excluding hydrogens is 260 g/mol. The summed E-state index contributed by atoms with van der Waals surface area (Å²) in [6.07, 6.45) is 0. The standard InChI is InChI=1S/C17H18O2.C2H6/c1-10-5-6-13-12(7-10)16-14(18)8-11(2)9-15(16)19-17(13,3)4;1-2/h5-9,18H,1-4H3;1-2H3. The van der Waals surface area contributed by atoms with Crippen molar-refractivity contribution in [1.29, 1.82) is 0 Å². The molecule has 0 aromatic heterocycles. The number of aryl methyl sites for hydroxylation is 2. The number of phenolic OH excluding ortho intramolecular Hbond substituents is 1. The molecule has 0 bridgehead atoms. The quantitative estimate of drug-likeness (QED) is 0.708. The molecule has 0 atom stereocenters. The fourth-order valence-electron chi connectivity index (χ4n) is 2.81. The lowest BCUT2D eigenvalue weighted by molar-refractivity contribution is 0.105. The van der Waals surface area contributed by atoms with E-state index in [0.717, 1.165) is 28.0 Å². The monoisotopic (exact) mass is 284 g/mol. The van der Waals surface area contributed by atoms with Gasteiger partial charge in [0.2, 0.25) is 0 Å². The summed E-state index contributed by atoms with van der Waals surface area (Å²) >= 11 is 0. The minimum atomic E-state index is -0.379. The van der Waals surface area contributed by atoms with Gasteiger partial charge in [-0.2, -0.15) is 0 Å². The van der Waals surface area contributed by atoms with E-state index in [1.54, 1.807) is 6.07 Å². The maximum atomic E-state index is 10.3. The molecule has 0 aliphatic carbocycles. The second-order valence-corrected chi connectivity index (χ2v) is 5.82. The Kier molecular flexibility index (Phi) is 3.99. The van der Waals surface area contributed by atoms with Crippen LogP contribution in [0.2, 0.25) is 0 Å². The normalized spacial score (nSPS) is 14.2. The minimum absolute atomic E-state index is 0.289. The SMILES string of the molecule is CC.Cc1cc(O)c2c(c1)OC(C)(C)c1ccc(C)cc1-2. The lowest BCUT2D eigenvalue weighted by Crippen LogP contribution is -2.29. The van der Waals surface area contributed by atoms with E-state index in [0.29, 0.717) is 0 Å². The van der Waals surface area contributed by atoms with Crippen LogP contribution in [0.3, 0.4) is 0 Å². The van der Waals surface area contributed by atoms with Crippen molar-refractivity contribution in [2.75, 3.05) is 0 Å². The average molecular weight is 284 g/mol. The third-order valence-corrected chi connectivity index (χ3v) is 3.68. The van der Waals surface area contributed by atoms with E-state index in [1.807, 2.05) is 26.8 Å². The Labute approximate surface area is 127 Å². The lowest BCUT2D eigenvalue weighted by atomic mass is 9.84. The van der Waals surface area contributed by atoms with Gasteiger partial charge >= 0.3 is 0 Å². The fraction of sp³-hybridized carbons (Fsp3) is 0.368. The lowest BCUT2D eigenvalue weighted by Gasteiger charge is -2.35. The number of rotatable bonds is 0. The van der Waals surface area contributed by atoms with Gasteiger partial charge in [-0.3, -0.25) is 0 Å². The number of fused-ring (bicyclic) bond motifs is 3. The topological polar surface area (TPSA) is 29.5 Å². The molecule has 1 aliphatic rings. The van der Waals surface area contributed by atoms with Crippen LogP contribution >= 0.6 is 0 Å². The molecule has 1 N–H and O–H groups in total. The molecule has 112 valence electrons. The van der Waals surface area contributed by atoms with E-state index in [4.69, 9.17) is 4.74 Å². The maximum absolute atomic E-state index is 10.3. The van der Waals surface area contributed by atoms with Crippen LogP contribution in [0, 0.1) is 13.8 Å². The highest BCUT2D eigenvalue weighted by atomic mass is 16.5. The summed E-state index contributed by atoms with van der Waals surface area (Å²) in [6.45, 7) is 12.1. The Hall–Kier alpha value is -1.96. The minimum Gasteiger partial charge on any atom is -0.507 e. The van der Waals surface area contributed by atoms with Crippen molar-refractivity contribution in [1.82, 2.24) is 0 Å². The fourth-order valence-corrected chi connectivity index (χ4v) is 2.81. The van der Waals surface area contributed by atoms with Crippen molar-refractivity contribution in [2.45, 2.75) is 47.1 Å². The zero-order valence-electron chi connectivity index (χ0n) is 13.7. The average Bonchev–Trinajstić information content (AvgIpc) is 2.38. The molecule has 0 fully saturated rings. The first-order valence-corrected chi connectivity index (χ1v) is 7.52. The maximum Gasteiger partial charge on any atom is 0.132 e. The molecule has 0 spiro atoms. The predicted molar refractivity (Wildman–Crippen MR) is 88.0 cm³/mol. The predicted octanol–water partition coefficient (Wildman–Crippen LogP) is 5.33. The highest BCUT2D eigenvalue weighted by Gasteiger charge is 2.34. The zero-order valence-corrected chi connectivity index (χ0v) is 13.7. The number of aromatic hydroxyl groups is 1. The molecule has 2 aromatic carbocycles. The van der Waals surface area contributed by atoms with E-state index in [2.05, 4.69) is 39.0 Å². The molecule has 0 radical (unpaired) electrons. The van der Waals surface area contributed by atoms with Crippen molar-refractivity contribution >= 4 is 0 Å². The van der Waals surface area contributed by atoms with Crippen LogP contribution in [0.15, 0.2) is 30.3 Å². The van der Waals surface area contributed by atoms with Gasteiger partial charge in [0.15, 0.2) is 0 Å². The molecule has 0 saturated carbocycles. The Morgan fingerprint density at radius 2 is 1.62 bits per heavy atom. The van der Waals surface area contributed by atoms with Crippen molar-refractivity contribution in [3.8, 4) is 22.6 Å². The molecule has 0 unspecified atom stereocenters. The Morgan fingerprint density at radius 1 is 0.952 bits per heavy atom. The van der Waals surface area contributed by atoms with Crippen molar-refractivity contribution in [3.05, 3.63) is 47.0 Å².